The van der Waals surface area contributed by atoms with Gasteiger partial charge in [0.15, 0.2) is 17.3 Å². The van der Waals surface area contributed by atoms with E-state index in [0.29, 0.717) is 28.8 Å². The number of rotatable bonds is 6. The Labute approximate surface area is 188 Å². The molecule has 1 aliphatic heterocycles. The summed E-state index contributed by atoms with van der Waals surface area (Å²) in [7, 11) is 1.43. The Morgan fingerprint density at radius 2 is 1.97 bits per heavy atom. The van der Waals surface area contributed by atoms with Crippen molar-refractivity contribution >= 4 is 17.0 Å². The molecule has 1 fully saturated rings. The van der Waals surface area contributed by atoms with Crippen LogP contribution in [0.4, 0.5) is 10.4 Å². The number of hydrogen-bond acceptors (Lipinski definition) is 10. The average molecular weight is 454 g/mol. The number of aromatic nitrogens is 7. The molecule has 0 unspecified atom stereocenters. The Hall–Kier alpha value is -3.83. The molecular weight excluding hydrogens is 431 g/mol. The summed E-state index contributed by atoms with van der Waals surface area (Å²) in [4.78, 5) is 19.1. The molecule has 1 saturated heterocycles. The van der Waals surface area contributed by atoms with E-state index in [4.69, 9.17) is 14.0 Å². The molecule has 4 aromatic heterocycles. The van der Waals surface area contributed by atoms with Gasteiger partial charge >= 0.3 is 6.01 Å². The molecule has 0 aromatic carbocycles. The number of ether oxygens (including phenoxy) is 2. The molecule has 0 amide bonds. The molecule has 0 bridgehead atoms. The van der Waals surface area contributed by atoms with Crippen molar-refractivity contribution < 1.29 is 18.4 Å². The molecule has 5 heterocycles. The zero-order chi connectivity index (χ0) is 22.9. The maximum atomic E-state index is 14.5. The summed E-state index contributed by atoms with van der Waals surface area (Å²) < 4.78 is 32.5. The van der Waals surface area contributed by atoms with E-state index in [1.165, 1.54) is 30.4 Å². The Balaban J connectivity index is 1.31. The lowest BCUT2D eigenvalue weighted by Gasteiger charge is -2.30. The van der Waals surface area contributed by atoms with Crippen molar-refractivity contribution in [3.8, 4) is 17.4 Å². The van der Waals surface area contributed by atoms with Gasteiger partial charge in [-0.15, -0.1) is 0 Å². The number of fused-ring (bicyclic) bond motifs is 1. The maximum absolute atomic E-state index is 14.5. The molecular formula is C21H23FN8O3. The zero-order valence-electron chi connectivity index (χ0n) is 18.5. The number of piperidine rings is 1. The predicted molar refractivity (Wildman–Crippen MR) is 115 cm³/mol. The lowest BCUT2D eigenvalue weighted by molar-refractivity contribution is 0.164. The van der Waals surface area contributed by atoms with E-state index in [1.807, 2.05) is 13.8 Å². The quantitative estimate of drug-likeness (QED) is 0.430. The van der Waals surface area contributed by atoms with Crippen molar-refractivity contribution in [2.75, 3.05) is 25.1 Å². The van der Waals surface area contributed by atoms with Gasteiger partial charge in [-0.05, 0) is 0 Å². The van der Waals surface area contributed by atoms with Crippen molar-refractivity contribution in [2.24, 2.45) is 0 Å². The summed E-state index contributed by atoms with van der Waals surface area (Å²) in [6, 6.07) is 1.74. The van der Waals surface area contributed by atoms with Gasteiger partial charge in [0.1, 0.15) is 23.5 Å². The summed E-state index contributed by atoms with van der Waals surface area (Å²) in [6.07, 6.45) is 5.77. The van der Waals surface area contributed by atoms with Crippen LogP contribution in [-0.4, -0.2) is 61.2 Å². The molecule has 0 saturated carbocycles. The Morgan fingerprint density at radius 3 is 2.67 bits per heavy atom. The molecule has 33 heavy (non-hydrogen) atoms. The van der Waals surface area contributed by atoms with E-state index in [1.54, 1.807) is 6.20 Å². The van der Waals surface area contributed by atoms with Crippen LogP contribution in [0.15, 0.2) is 29.3 Å². The number of methoxy groups -OCH3 is 1. The lowest BCUT2D eigenvalue weighted by atomic mass is 10.1. The maximum Gasteiger partial charge on any atom is 0.324 e. The summed E-state index contributed by atoms with van der Waals surface area (Å²) in [5, 5.41) is 8.90. The van der Waals surface area contributed by atoms with Gasteiger partial charge in [-0.1, -0.05) is 19.0 Å². The van der Waals surface area contributed by atoms with Gasteiger partial charge in [-0.2, -0.15) is 10.1 Å². The standard InChI is InChI=1S/C21H23FN8O3/c1-12(2)18-27-21(33-28-18)29-6-4-13(5-7-29)32-20-14-9-26-30(19(14)24-11-25-20)16-10-23-17(31-3)8-15(16)22/h8-13H,4-7H2,1-3H3. The van der Waals surface area contributed by atoms with Crippen LogP contribution in [0.25, 0.3) is 16.7 Å². The first-order valence-electron chi connectivity index (χ1n) is 10.7. The SMILES string of the molecule is COc1cc(F)c(-n2ncc3c(OC4CCN(c5nc(C(C)C)no5)CC4)ncnc32)cn1. The highest BCUT2D eigenvalue weighted by atomic mass is 19.1. The van der Waals surface area contributed by atoms with Gasteiger partial charge in [-0.25, -0.2) is 24.0 Å². The van der Waals surface area contributed by atoms with Crippen molar-refractivity contribution in [3.63, 3.8) is 0 Å². The van der Waals surface area contributed by atoms with Crippen LogP contribution in [0.2, 0.25) is 0 Å². The Kier molecular flexibility index (Phi) is 5.48. The van der Waals surface area contributed by atoms with E-state index >= 15 is 0 Å². The number of nitrogens with zero attached hydrogens (tertiary/aromatic N) is 8. The minimum absolute atomic E-state index is 0.0467. The zero-order valence-corrected chi connectivity index (χ0v) is 18.5. The third kappa shape index (κ3) is 4.03. The Morgan fingerprint density at radius 1 is 1.15 bits per heavy atom. The van der Waals surface area contributed by atoms with Crippen LogP contribution in [0.3, 0.4) is 0 Å². The fourth-order valence-corrected chi connectivity index (χ4v) is 3.68. The number of pyridine rings is 1. The topological polar surface area (TPSA) is 117 Å². The first kappa shape index (κ1) is 21.0. The highest BCUT2D eigenvalue weighted by Crippen LogP contribution is 2.28. The molecule has 0 N–H and O–H groups in total. The van der Waals surface area contributed by atoms with E-state index < -0.39 is 5.82 Å². The van der Waals surface area contributed by atoms with Crippen LogP contribution < -0.4 is 14.4 Å². The predicted octanol–water partition coefficient (Wildman–Crippen LogP) is 2.91. The van der Waals surface area contributed by atoms with E-state index in [-0.39, 0.29) is 23.6 Å². The van der Waals surface area contributed by atoms with Crippen LogP contribution >= 0.6 is 0 Å². The summed E-state index contributed by atoms with van der Waals surface area (Å²) in [5.74, 6) is 0.978. The third-order valence-corrected chi connectivity index (χ3v) is 5.51. The minimum atomic E-state index is -0.526. The van der Waals surface area contributed by atoms with E-state index in [9.17, 15) is 4.39 Å². The Bertz CT molecular complexity index is 1270. The van der Waals surface area contributed by atoms with Crippen LogP contribution in [0.1, 0.15) is 38.4 Å². The molecule has 5 rings (SSSR count). The molecule has 1 aliphatic rings. The fraction of sp³-hybridized carbons (Fsp3) is 0.429. The van der Waals surface area contributed by atoms with Crippen molar-refractivity contribution in [1.29, 1.82) is 0 Å². The van der Waals surface area contributed by atoms with Gasteiger partial charge in [0, 0.05) is 37.9 Å². The van der Waals surface area contributed by atoms with Crippen LogP contribution in [0.5, 0.6) is 11.8 Å². The molecule has 11 nitrogen and oxygen atoms in total. The second-order valence-electron chi connectivity index (χ2n) is 8.04. The number of hydrogen-bond donors (Lipinski definition) is 0. The highest BCUT2D eigenvalue weighted by Gasteiger charge is 2.26. The smallest absolute Gasteiger partial charge is 0.324 e. The number of halogens is 1. The first-order valence-corrected chi connectivity index (χ1v) is 10.7. The summed E-state index contributed by atoms with van der Waals surface area (Å²) in [6.45, 7) is 5.50. The first-order chi connectivity index (χ1) is 16.0. The van der Waals surface area contributed by atoms with Crippen LogP contribution in [0, 0.1) is 5.82 Å². The van der Waals surface area contributed by atoms with Gasteiger partial charge < -0.3 is 18.9 Å². The third-order valence-electron chi connectivity index (χ3n) is 5.51. The molecule has 0 radical (unpaired) electrons. The van der Waals surface area contributed by atoms with Crippen molar-refractivity contribution in [2.45, 2.75) is 38.7 Å². The average Bonchev–Trinajstić information content (AvgIpc) is 3.48. The number of anilines is 1. The summed E-state index contributed by atoms with van der Waals surface area (Å²) >= 11 is 0. The van der Waals surface area contributed by atoms with Crippen molar-refractivity contribution in [3.05, 3.63) is 36.4 Å². The van der Waals surface area contributed by atoms with E-state index in [0.717, 1.165) is 25.9 Å². The van der Waals surface area contributed by atoms with Gasteiger partial charge in [-0.3, -0.25) is 0 Å². The molecule has 4 aromatic rings. The monoisotopic (exact) mass is 454 g/mol. The van der Waals surface area contributed by atoms with Crippen molar-refractivity contribution in [1.82, 2.24) is 34.9 Å². The largest absolute Gasteiger partial charge is 0.481 e. The lowest BCUT2D eigenvalue weighted by Crippen LogP contribution is -2.38. The summed E-state index contributed by atoms with van der Waals surface area (Å²) in [5.41, 5.74) is 0.583. The normalized spacial score (nSPS) is 14.9. The van der Waals surface area contributed by atoms with Gasteiger partial charge in [0.25, 0.3) is 0 Å². The second kappa shape index (κ2) is 8.60. The molecule has 0 spiro atoms. The molecule has 0 atom stereocenters. The molecule has 0 aliphatic carbocycles. The van der Waals surface area contributed by atoms with E-state index in [2.05, 4.69) is 35.1 Å². The molecule has 12 heteroatoms. The van der Waals surface area contributed by atoms with Gasteiger partial charge in [0.05, 0.1) is 19.5 Å². The molecule has 172 valence electrons. The fourth-order valence-electron chi connectivity index (χ4n) is 3.68. The minimum Gasteiger partial charge on any atom is -0.481 e. The highest BCUT2D eigenvalue weighted by molar-refractivity contribution is 5.81. The van der Waals surface area contributed by atoms with Crippen LogP contribution in [-0.2, 0) is 0 Å². The van der Waals surface area contributed by atoms with Gasteiger partial charge in [0.2, 0.25) is 11.8 Å². The second-order valence-corrected chi connectivity index (χ2v) is 8.04.